The number of carbonyl (C=O) groups excluding carboxylic acids is 1. The number of benzene rings is 2. The number of aliphatic hydroxyl groups is 1. The van der Waals surface area contributed by atoms with Crippen LogP contribution in [0.1, 0.15) is 41.8 Å². The zero-order chi connectivity index (χ0) is 26.0. The summed E-state index contributed by atoms with van der Waals surface area (Å²) in [5.41, 5.74) is -0.106. The van der Waals surface area contributed by atoms with Gasteiger partial charge in [-0.2, -0.15) is 0 Å². The van der Waals surface area contributed by atoms with Gasteiger partial charge in [0.1, 0.15) is 0 Å². The Morgan fingerprint density at radius 3 is 2.57 bits per heavy atom. The zero-order valence-electron chi connectivity index (χ0n) is 20.7. The Morgan fingerprint density at radius 1 is 1.11 bits per heavy atom. The second-order valence-corrected chi connectivity index (χ2v) is 9.77. The number of fused-ring (bicyclic) bond motifs is 2. The molecule has 2 aliphatic heterocycles. The maximum Gasteiger partial charge on any atom is 0.267 e. The number of aromatic nitrogens is 2. The molecule has 1 amide bonds. The monoisotopic (exact) mass is 508 g/mol. The molecule has 3 heterocycles. The highest BCUT2D eigenvalue weighted by Gasteiger charge is 2.45. The van der Waals surface area contributed by atoms with E-state index in [4.69, 9.17) is 4.74 Å². The SMILES string of the molecule is CN(CCCN1CCC2(CC1)OCc1ccccc12)C(=O)C(O)(c1ccc(F)c(F)c1)c1ncccn1. The van der Waals surface area contributed by atoms with Crippen molar-refractivity contribution in [2.45, 2.75) is 37.1 Å². The number of likely N-dealkylation sites (tertiary alicyclic amines) is 1. The number of likely N-dealkylation sites (N-methyl/N-ethyl adjacent to an activating group) is 1. The molecule has 1 spiro atoms. The number of ether oxygens (including phenoxy) is 1. The van der Waals surface area contributed by atoms with Crippen LogP contribution in [-0.4, -0.2) is 64.0 Å². The maximum atomic E-state index is 14.0. The van der Waals surface area contributed by atoms with Crippen LogP contribution in [-0.2, 0) is 27.3 Å². The number of carbonyl (C=O) groups is 1. The van der Waals surface area contributed by atoms with E-state index < -0.39 is 23.1 Å². The van der Waals surface area contributed by atoms with Gasteiger partial charge in [0.25, 0.3) is 5.91 Å². The standard InChI is InChI=1S/C28H30F2N4O3/c1-33(14-5-15-34-16-10-27(11-17-34)22-7-3-2-6-20(22)19-37-27)26(35)28(36,25-31-12-4-13-32-25)21-8-9-23(29)24(30)18-21/h2-4,6-9,12-13,18,36H,5,10-11,14-17,19H2,1H3. The normalized spacial score (nSPS) is 18.4. The third-order valence-electron chi connectivity index (χ3n) is 7.53. The summed E-state index contributed by atoms with van der Waals surface area (Å²) >= 11 is 0. The van der Waals surface area contributed by atoms with E-state index >= 15 is 0 Å². The van der Waals surface area contributed by atoms with Crippen LogP contribution in [0.3, 0.4) is 0 Å². The van der Waals surface area contributed by atoms with Crippen LogP contribution in [0.4, 0.5) is 8.78 Å². The van der Waals surface area contributed by atoms with Crippen molar-refractivity contribution >= 4 is 5.91 Å². The summed E-state index contributed by atoms with van der Waals surface area (Å²) in [6, 6.07) is 12.8. The topological polar surface area (TPSA) is 78.8 Å². The highest BCUT2D eigenvalue weighted by atomic mass is 19.2. The van der Waals surface area contributed by atoms with Gasteiger partial charge in [-0.1, -0.05) is 30.3 Å². The third-order valence-corrected chi connectivity index (χ3v) is 7.53. The first-order valence-corrected chi connectivity index (χ1v) is 12.5. The number of piperidine rings is 1. The molecule has 1 N–H and O–H groups in total. The van der Waals surface area contributed by atoms with Gasteiger partial charge in [-0.05, 0) is 55.1 Å². The highest BCUT2D eigenvalue weighted by Crippen LogP contribution is 2.44. The molecule has 1 atom stereocenters. The van der Waals surface area contributed by atoms with Crippen LogP contribution in [0.25, 0.3) is 0 Å². The Balaban J connectivity index is 1.22. The summed E-state index contributed by atoms with van der Waals surface area (Å²) in [7, 11) is 1.57. The number of hydrogen-bond donors (Lipinski definition) is 1. The van der Waals surface area contributed by atoms with Crippen molar-refractivity contribution in [1.82, 2.24) is 19.8 Å². The van der Waals surface area contributed by atoms with Gasteiger partial charge < -0.3 is 19.6 Å². The van der Waals surface area contributed by atoms with E-state index in [1.54, 1.807) is 13.1 Å². The predicted octanol–water partition coefficient (Wildman–Crippen LogP) is 3.36. The Bertz CT molecular complexity index is 1270. The van der Waals surface area contributed by atoms with Crippen molar-refractivity contribution in [3.05, 3.63) is 95.1 Å². The van der Waals surface area contributed by atoms with Crippen LogP contribution in [0.5, 0.6) is 0 Å². The number of nitrogens with zero attached hydrogens (tertiary/aromatic N) is 4. The number of amides is 1. The lowest BCUT2D eigenvalue weighted by molar-refractivity contribution is -0.147. The van der Waals surface area contributed by atoms with Gasteiger partial charge in [0.05, 0.1) is 12.2 Å². The van der Waals surface area contributed by atoms with E-state index in [1.165, 1.54) is 34.5 Å². The molecule has 0 aliphatic carbocycles. The molecule has 1 aromatic heterocycles. The second-order valence-electron chi connectivity index (χ2n) is 9.77. The number of rotatable bonds is 7. The fourth-order valence-corrected chi connectivity index (χ4v) is 5.40. The fraction of sp³-hybridized carbons (Fsp3) is 0.393. The zero-order valence-corrected chi connectivity index (χ0v) is 20.7. The van der Waals surface area contributed by atoms with Gasteiger partial charge in [0, 0.05) is 44.6 Å². The summed E-state index contributed by atoms with van der Waals surface area (Å²) in [5.74, 6) is -3.15. The molecular formula is C28H30F2N4O3. The van der Waals surface area contributed by atoms with Gasteiger partial charge in [0.2, 0.25) is 5.60 Å². The molecule has 5 rings (SSSR count). The quantitative estimate of drug-likeness (QED) is 0.528. The van der Waals surface area contributed by atoms with Crippen LogP contribution in [0.2, 0.25) is 0 Å². The largest absolute Gasteiger partial charge is 0.369 e. The molecule has 37 heavy (non-hydrogen) atoms. The first-order chi connectivity index (χ1) is 17.8. The Morgan fingerprint density at radius 2 is 1.84 bits per heavy atom. The van der Waals surface area contributed by atoms with E-state index in [0.717, 1.165) is 44.6 Å². The van der Waals surface area contributed by atoms with Gasteiger partial charge in [-0.3, -0.25) is 4.79 Å². The minimum absolute atomic E-state index is 0.132. The van der Waals surface area contributed by atoms with E-state index in [1.807, 2.05) is 6.07 Å². The minimum atomic E-state index is -2.35. The number of hydrogen-bond acceptors (Lipinski definition) is 6. The summed E-state index contributed by atoms with van der Waals surface area (Å²) in [6.45, 7) is 3.58. The third kappa shape index (κ3) is 4.74. The van der Waals surface area contributed by atoms with Crippen LogP contribution >= 0.6 is 0 Å². The molecule has 1 saturated heterocycles. The second kappa shape index (κ2) is 10.2. The van der Waals surface area contributed by atoms with Crippen molar-refractivity contribution < 1.29 is 23.4 Å². The highest BCUT2D eigenvalue weighted by molar-refractivity contribution is 5.89. The Hall–Kier alpha value is -3.27. The lowest BCUT2D eigenvalue weighted by Crippen LogP contribution is -2.48. The Labute approximate surface area is 214 Å². The maximum absolute atomic E-state index is 14.0. The molecule has 0 bridgehead atoms. The molecule has 0 saturated carbocycles. The molecule has 1 unspecified atom stereocenters. The summed E-state index contributed by atoms with van der Waals surface area (Å²) in [5, 5.41) is 11.5. The van der Waals surface area contributed by atoms with Crippen molar-refractivity contribution in [3.8, 4) is 0 Å². The van der Waals surface area contributed by atoms with E-state index in [-0.39, 0.29) is 17.0 Å². The molecule has 7 nitrogen and oxygen atoms in total. The molecule has 1 fully saturated rings. The van der Waals surface area contributed by atoms with E-state index in [2.05, 4.69) is 33.1 Å². The van der Waals surface area contributed by atoms with E-state index in [9.17, 15) is 18.7 Å². The van der Waals surface area contributed by atoms with Crippen LogP contribution in [0, 0.1) is 11.6 Å². The lowest BCUT2D eigenvalue weighted by atomic mass is 9.84. The average molecular weight is 509 g/mol. The van der Waals surface area contributed by atoms with Crippen molar-refractivity contribution in [2.24, 2.45) is 0 Å². The minimum Gasteiger partial charge on any atom is -0.369 e. The Kier molecular flexibility index (Phi) is 7.02. The van der Waals surface area contributed by atoms with Crippen molar-refractivity contribution in [1.29, 1.82) is 0 Å². The van der Waals surface area contributed by atoms with Gasteiger partial charge in [-0.15, -0.1) is 0 Å². The van der Waals surface area contributed by atoms with Crippen molar-refractivity contribution in [3.63, 3.8) is 0 Å². The first-order valence-electron chi connectivity index (χ1n) is 12.5. The summed E-state index contributed by atoms with van der Waals surface area (Å²) < 4.78 is 33.8. The van der Waals surface area contributed by atoms with E-state index in [0.29, 0.717) is 19.6 Å². The molecule has 2 aliphatic rings. The smallest absolute Gasteiger partial charge is 0.267 e. The molecule has 9 heteroatoms. The molecule has 194 valence electrons. The lowest BCUT2D eigenvalue weighted by Gasteiger charge is -2.39. The molecule has 3 aromatic rings. The summed E-state index contributed by atoms with van der Waals surface area (Å²) in [4.78, 5) is 25.3. The first kappa shape index (κ1) is 25.4. The fourth-order valence-electron chi connectivity index (χ4n) is 5.40. The summed E-state index contributed by atoms with van der Waals surface area (Å²) in [6.07, 6.45) is 5.28. The van der Waals surface area contributed by atoms with Crippen LogP contribution < -0.4 is 0 Å². The molecule has 2 aromatic carbocycles. The number of halogens is 2. The van der Waals surface area contributed by atoms with Gasteiger partial charge in [-0.25, -0.2) is 18.7 Å². The average Bonchev–Trinajstić information content (AvgIpc) is 3.29. The molecule has 0 radical (unpaired) electrons. The predicted molar refractivity (Wildman–Crippen MR) is 132 cm³/mol. The van der Waals surface area contributed by atoms with Gasteiger partial charge in [0.15, 0.2) is 17.5 Å². The van der Waals surface area contributed by atoms with Gasteiger partial charge >= 0.3 is 0 Å². The van der Waals surface area contributed by atoms with Crippen LogP contribution in [0.15, 0.2) is 60.9 Å². The van der Waals surface area contributed by atoms with Crippen molar-refractivity contribution in [2.75, 3.05) is 33.2 Å². The molecular weight excluding hydrogens is 478 g/mol.